The van der Waals surface area contributed by atoms with Gasteiger partial charge >= 0.3 is 0 Å². The molecule has 6 nitrogen and oxygen atoms in total. The minimum absolute atomic E-state index is 0.335. The van der Waals surface area contributed by atoms with E-state index in [2.05, 4.69) is 49.0 Å². The Morgan fingerprint density at radius 1 is 1.09 bits per heavy atom. The maximum absolute atomic E-state index is 12.5. The van der Waals surface area contributed by atoms with Gasteiger partial charge in [-0.15, -0.1) is 0 Å². The number of amides is 1. The Hall–Kier alpha value is -2.81. The van der Waals surface area contributed by atoms with Crippen molar-refractivity contribution in [3.8, 4) is 17.2 Å². The Labute approximate surface area is 219 Å². The highest BCUT2D eigenvalue weighted by Gasteiger charge is 2.12. The molecule has 0 heterocycles. The molecule has 0 atom stereocenters. The van der Waals surface area contributed by atoms with E-state index in [1.807, 2.05) is 36.4 Å². The second-order valence-corrected chi connectivity index (χ2v) is 9.04. The van der Waals surface area contributed by atoms with Crippen molar-refractivity contribution < 1.29 is 19.0 Å². The molecule has 0 bridgehead atoms. The lowest BCUT2D eigenvalue weighted by Gasteiger charge is -2.12. The minimum Gasteiger partial charge on any atom is -0.493 e. The molecule has 0 aromatic heterocycles. The van der Waals surface area contributed by atoms with E-state index in [1.165, 1.54) is 13.3 Å². The van der Waals surface area contributed by atoms with Gasteiger partial charge in [0.05, 0.1) is 22.3 Å². The van der Waals surface area contributed by atoms with Gasteiger partial charge in [-0.25, -0.2) is 5.43 Å². The molecule has 3 aromatic carbocycles. The number of hydrazone groups is 1. The fraction of sp³-hybridized carbons (Fsp3) is 0.120. The normalized spacial score (nSPS) is 10.7. The number of carbonyl (C=O) groups is 1. The predicted octanol–water partition coefficient (Wildman–Crippen LogP) is 6.78. The van der Waals surface area contributed by atoms with Crippen LogP contribution in [0.1, 0.15) is 21.5 Å². The van der Waals surface area contributed by atoms with Crippen molar-refractivity contribution in [1.82, 2.24) is 5.43 Å². The van der Waals surface area contributed by atoms with Gasteiger partial charge in [-0.1, -0.05) is 36.4 Å². The molecule has 0 saturated heterocycles. The summed E-state index contributed by atoms with van der Waals surface area (Å²) in [7, 11) is 1.51. The van der Waals surface area contributed by atoms with Crippen molar-refractivity contribution in [3.05, 3.63) is 97.9 Å². The van der Waals surface area contributed by atoms with E-state index >= 15 is 0 Å². The van der Waals surface area contributed by atoms with E-state index in [1.54, 1.807) is 24.3 Å². The molecule has 0 aliphatic carbocycles. The van der Waals surface area contributed by atoms with Crippen LogP contribution < -0.4 is 19.6 Å². The number of halogens is 3. The van der Waals surface area contributed by atoms with E-state index in [9.17, 15) is 4.79 Å². The van der Waals surface area contributed by atoms with Crippen LogP contribution in [-0.2, 0) is 6.61 Å². The maximum atomic E-state index is 12.5. The Bertz CT molecular complexity index is 1190. The quantitative estimate of drug-likeness (QED) is 0.157. The summed E-state index contributed by atoms with van der Waals surface area (Å²) in [5, 5.41) is 4.71. The summed E-state index contributed by atoms with van der Waals surface area (Å²) in [5.41, 5.74) is 4.60. The molecule has 0 unspecified atom stereocenters. The first-order valence-electron chi connectivity index (χ1n) is 10.0. The summed E-state index contributed by atoms with van der Waals surface area (Å²) in [4.78, 5) is 12.5. The Morgan fingerprint density at radius 2 is 1.85 bits per heavy atom. The molecule has 0 spiro atoms. The second kappa shape index (κ2) is 12.6. The lowest BCUT2D eigenvalue weighted by molar-refractivity contribution is 0.0954. The summed E-state index contributed by atoms with van der Waals surface area (Å²) in [6, 6.07) is 16.0. The van der Waals surface area contributed by atoms with Crippen LogP contribution in [0.3, 0.4) is 0 Å². The Kier molecular flexibility index (Phi) is 9.56. The van der Waals surface area contributed by atoms with Crippen LogP contribution in [0.15, 0.2) is 81.3 Å². The van der Waals surface area contributed by atoms with Gasteiger partial charge in [-0.3, -0.25) is 4.79 Å². The van der Waals surface area contributed by atoms with Crippen LogP contribution >= 0.6 is 43.5 Å². The van der Waals surface area contributed by atoms with Crippen molar-refractivity contribution in [2.45, 2.75) is 6.61 Å². The largest absolute Gasteiger partial charge is 0.493 e. The number of methoxy groups -OCH3 is 1. The van der Waals surface area contributed by atoms with Crippen molar-refractivity contribution in [3.63, 3.8) is 0 Å². The van der Waals surface area contributed by atoms with Gasteiger partial charge in [0, 0.05) is 10.6 Å². The zero-order chi connectivity index (χ0) is 24.5. The molecule has 176 valence electrons. The van der Waals surface area contributed by atoms with Crippen LogP contribution in [0.2, 0.25) is 5.02 Å². The van der Waals surface area contributed by atoms with E-state index in [0.717, 1.165) is 20.1 Å². The third-order valence-electron chi connectivity index (χ3n) is 4.46. The Balaban J connectivity index is 1.64. The van der Waals surface area contributed by atoms with E-state index < -0.39 is 0 Å². The summed E-state index contributed by atoms with van der Waals surface area (Å²) >= 11 is 13.1. The zero-order valence-corrected chi connectivity index (χ0v) is 22.1. The number of hydrogen-bond donors (Lipinski definition) is 1. The number of hydrogen-bond acceptors (Lipinski definition) is 5. The molecule has 1 N–H and O–H groups in total. The first-order valence-corrected chi connectivity index (χ1v) is 12.0. The number of benzene rings is 3. The van der Waals surface area contributed by atoms with Crippen molar-refractivity contribution in [2.75, 3.05) is 13.7 Å². The Morgan fingerprint density at radius 3 is 2.53 bits per heavy atom. The molecule has 3 rings (SSSR count). The number of carbonyl (C=O) groups excluding carboxylic acids is 1. The van der Waals surface area contributed by atoms with E-state index in [-0.39, 0.29) is 5.91 Å². The third-order valence-corrected chi connectivity index (χ3v) is 5.87. The van der Waals surface area contributed by atoms with Crippen LogP contribution in [-0.4, -0.2) is 25.8 Å². The summed E-state index contributed by atoms with van der Waals surface area (Å²) in [6.07, 6.45) is 3.16. The smallest absolute Gasteiger partial charge is 0.271 e. The molecular weight excluding hydrogens is 588 g/mol. The average molecular weight is 609 g/mol. The summed E-state index contributed by atoms with van der Waals surface area (Å²) < 4.78 is 18.2. The van der Waals surface area contributed by atoms with Gasteiger partial charge in [0.15, 0.2) is 11.5 Å². The molecule has 3 aromatic rings. The number of nitrogens with zero attached hydrogens (tertiary/aromatic N) is 1. The maximum Gasteiger partial charge on any atom is 0.271 e. The molecular formula is C25H21Br2ClN2O4. The molecule has 9 heteroatoms. The van der Waals surface area contributed by atoms with Gasteiger partial charge < -0.3 is 14.2 Å². The first-order chi connectivity index (χ1) is 16.4. The number of nitrogens with one attached hydrogen (secondary N) is 1. The van der Waals surface area contributed by atoms with Gasteiger partial charge in [0.2, 0.25) is 0 Å². The van der Waals surface area contributed by atoms with Crippen LogP contribution in [0.5, 0.6) is 17.2 Å². The molecule has 0 aliphatic rings. The molecule has 34 heavy (non-hydrogen) atoms. The average Bonchev–Trinajstić information content (AvgIpc) is 2.82. The van der Waals surface area contributed by atoms with Crippen LogP contribution in [0.25, 0.3) is 0 Å². The molecule has 0 saturated carbocycles. The molecule has 1 amide bonds. The standard InChI is InChI=1S/C25H21Br2ClN2O4/c1-3-9-33-22-8-7-18(13-23(22)32-2)25(31)30-29-14-17-11-20(26)24(21(27)12-17)34-15-16-5-4-6-19(28)10-16/h3-8,10-14H,1,9,15H2,2H3,(H,30,31)/b29-14+. The highest BCUT2D eigenvalue weighted by Crippen LogP contribution is 2.35. The third kappa shape index (κ3) is 7.09. The molecule has 0 fully saturated rings. The van der Waals surface area contributed by atoms with Gasteiger partial charge in [0.1, 0.15) is 19.0 Å². The van der Waals surface area contributed by atoms with E-state index in [4.69, 9.17) is 25.8 Å². The van der Waals surface area contributed by atoms with Crippen LogP contribution in [0.4, 0.5) is 0 Å². The fourth-order valence-corrected chi connectivity index (χ4v) is 4.54. The zero-order valence-electron chi connectivity index (χ0n) is 18.2. The SMILES string of the molecule is C=CCOc1ccc(C(=O)N/N=C/c2cc(Br)c(OCc3cccc(Cl)c3)c(Br)c2)cc1OC. The monoisotopic (exact) mass is 606 g/mol. The van der Waals surface area contributed by atoms with Crippen molar-refractivity contribution in [2.24, 2.45) is 5.10 Å². The van der Waals surface area contributed by atoms with Gasteiger partial charge in [0.25, 0.3) is 5.91 Å². The number of rotatable bonds is 10. The topological polar surface area (TPSA) is 69.2 Å². The van der Waals surface area contributed by atoms with E-state index in [0.29, 0.717) is 41.0 Å². The molecule has 0 radical (unpaired) electrons. The lowest BCUT2D eigenvalue weighted by Crippen LogP contribution is -2.17. The minimum atomic E-state index is -0.385. The highest BCUT2D eigenvalue weighted by atomic mass is 79.9. The van der Waals surface area contributed by atoms with Crippen molar-refractivity contribution >= 4 is 55.6 Å². The number of ether oxygens (including phenoxy) is 3. The van der Waals surface area contributed by atoms with Gasteiger partial charge in [-0.05, 0) is 85.5 Å². The summed E-state index contributed by atoms with van der Waals surface area (Å²) in [5.74, 6) is 1.23. The highest BCUT2D eigenvalue weighted by molar-refractivity contribution is 9.11. The fourth-order valence-electron chi connectivity index (χ4n) is 2.88. The summed E-state index contributed by atoms with van der Waals surface area (Å²) in [6.45, 7) is 4.31. The molecule has 0 aliphatic heterocycles. The predicted molar refractivity (Wildman–Crippen MR) is 141 cm³/mol. The second-order valence-electron chi connectivity index (χ2n) is 6.90. The van der Waals surface area contributed by atoms with Crippen molar-refractivity contribution in [1.29, 1.82) is 0 Å². The van der Waals surface area contributed by atoms with Gasteiger partial charge in [-0.2, -0.15) is 5.10 Å². The lowest BCUT2D eigenvalue weighted by atomic mass is 10.2. The first kappa shape index (κ1) is 25.8. The van der Waals surface area contributed by atoms with Crippen LogP contribution in [0, 0.1) is 0 Å².